The van der Waals surface area contributed by atoms with Gasteiger partial charge < -0.3 is 15.0 Å². The molecule has 1 unspecified atom stereocenters. The van der Waals surface area contributed by atoms with Gasteiger partial charge in [-0.3, -0.25) is 9.59 Å². The van der Waals surface area contributed by atoms with E-state index in [1.807, 2.05) is 13.8 Å². The van der Waals surface area contributed by atoms with E-state index in [1.54, 1.807) is 18.7 Å². The first-order valence-corrected chi connectivity index (χ1v) is 7.37. The van der Waals surface area contributed by atoms with Crippen LogP contribution in [0.4, 0.5) is 0 Å². The highest BCUT2D eigenvalue weighted by Gasteiger charge is 2.51. The Hall–Kier alpha value is -1.10. The molecule has 1 fully saturated rings. The molecule has 5 nitrogen and oxygen atoms in total. The van der Waals surface area contributed by atoms with Gasteiger partial charge in [0.1, 0.15) is 11.1 Å². The van der Waals surface area contributed by atoms with Gasteiger partial charge in [0.05, 0.1) is 6.61 Å². The lowest BCUT2D eigenvalue weighted by molar-refractivity contribution is -0.162. The third-order valence-electron chi connectivity index (χ3n) is 3.89. The Morgan fingerprint density at radius 3 is 2.35 bits per heavy atom. The third-order valence-corrected chi connectivity index (χ3v) is 3.89. The zero-order valence-corrected chi connectivity index (χ0v) is 13.6. The van der Waals surface area contributed by atoms with Gasteiger partial charge in [-0.25, -0.2) is 0 Å². The van der Waals surface area contributed by atoms with E-state index in [9.17, 15) is 9.59 Å². The van der Waals surface area contributed by atoms with Crippen LogP contribution in [-0.4, -0.2) is 47.6 Å². The van der Waals surface area contributed by atoms with E-state index in [2.05, 4.69) is 19.2 Å². The van der Waals surface area contributed by atoms with Crippen LogP contribution in [0.25, 0.3) is 0 Å². The third kappa shape index (κ3) is 3.32. The molecular formula is C15H28N2O3. The fourth-order valence-electron chi connectivity index (χ4n) is 2.33. The van der Waals surface area contributed by atoms with Gasteiger partial charge in [-0.15, -0.1) is 0 Å². The average molecular weight is 284 g/mol. The maximum Gasteiger partial charge on any atom is 0.248 e. The van der Waals surface area contributed by atoms with Crippen LogP contribution in [-0.2, 0) is 14.3 Å². The van der Waals surface area contributed by atoms with Gasteiger partial charge in [-0.05, 0) is 33.1 Å². The summed E-state index contributed by atoms with van der Waals surface area (Å²) in [6.07, 6.45) is 0.588. The lowest BCUT2D eigenvalue weighted by Crippen LogP contribution is -2.73. The van der Waals surface area contributed by atoms with E-state index in [0.717, 1.165) is 0 Å². The smallest absolute Gasteiger partial charge is 0.248 e. The highest BCUT2D eigenvalue weighted by atomic mass is 16.5. The number of hydrogen-bond donors (Lipinski definition) is 1. The monoisotopic (exact) mass is 284 g/mol. The second-order valence-electron chi connectivity index (χ2n) is 6.63. The number of carbonyl (C=O) groups excluding carboxylic acids is 2. The standard InChI is InChI=1S/C15H28N2O3/c1-7-15(6)12(18)16-14(4,5)13(19)17(15)8-9-20-10-11(2)3/h11H,7-10H2,1-6H3,(H,16,18). The van der Waals surface area contributed by atoms with E-state index < -0.39 is 11.1 Å². The molecule has 1 rings (SSSR count). The Kier molecular flexibility index (Phi) is 5.19. The molecule has 0 aliphatic carbocycles. The molecule has 2 amide bonds. The average Bonchev–Trinajstić information content (AvgIpc) is 2.35. The summed E-state index contributed by atoms with van der Waals surface area (Å²) in [5.41, 5.74) is -1.63. The minimum atomic E-state index is -0.843. The topological polar surface area (TPSA) is 58.6 Å². The zero-order valence-electron chi connectivity index (χ0n) is 13.6. The summed E-state index contributed by atoms with van der Waals surface area (Å²) in [4.78, 5) is 26.5. The second kappa shape index (κ2) is 6.12. The molecule has 1 saturated heterocycles. The van der Waals surface area contributed by atoms with Crippen LogP contribution >= 0.6 is 0 Å². The molecule has 1 aliphatic rings. The van der Waals surface area contributed by atoms with Crippen LogP contribution in [0.3, 0.4) is 0 Å². The number of nitrogens with zero attached hydrogens (tertiary/aromatic N) is 1. The maximum atomic E-state index is 12.6. The summed E-state index contributed by atoms with van der Waals surface area (Å²) in [5.74, 6) is 0.326. The molecule has 0 saturated carbocycles. The maximum absolute atomic E-state index is 12.6. The summed E-state index contributed by atoms with van der Waals surface area (Å²) in [6, 6.07) is 0. The minimum absolute atomic E-state index is 0.0467. The molecule has 116 valence electrons. The summed E-state index contributed by atoms with van der Waals surface area (Å²) >= 11 is 0. The van der Waals surface area contributed by atoms with Crippen molar-refractivity contribution in [2.75, 3.05) is 19.8 Å². The van der Waals surface area contributed by atoms with Gasteiger partial charge in [0.15, 0.2) is 0 Å². The molecule has 0 aromatic rings. The van der Waals surface area contributed by atoms with E-state index in [0.29, 0.717) is 32.1 Å². The number of nitrogens with one attached hydrogen (secondary N) is 1. The molecule has 0 radical (unpaired) electrons. The first kappa shape index (κ1) is 17.0. The Morgan fingerprint density at radius 1 is 1.25 bits per heavy atom. The number of amides is 2. The fraction of sp³-hybridized carbons (Fsp3) is 0.867. The Bertz CT molecular complexity index is 379. The van der Waals surface area contributed by atoms with Crippen molar-refractivity contribution in [1.82, 2.24) is 10.2 Å². The van der Waals surface area contributed by atoms with E-state index in [1.165, 1.54) is 0 Å². The Morgan fingerprint density at radius 2 is 1.85 bits per heavy atom. The minimum Gasteiger partial charge on any atom is -0.379 e. The lowest BCUT2D eigenvalue weighted by Gasteiger charge is -2.48. The fourth-order valence-corrected chi connectivity index (χ4v) is 2.33. The quantitative estimate of drug-likeness (QED) is 0.753. The molecule has 1 aliphatic heterocycles. The van der Waals surface area contributed by atoms with Crippen LogP contribution in [0.15, 0.2) is 0 Å². The molecule has 0 spiro atoms. The van der Waals surface area contributed by atoms with Crippen LogP contribution in [0, 0.1) is 5.92 Å². The SMILES string of the molecule is CCC1(C)C(=O)NC(C)(C)C(=O)N1CCOCC(C)C. The molecule has 0 aromatic carbocycles. The molecule has 0 aromatic heterocycles. The Labute approximate surface area is 122 Å². The largest absolute Gasteiger partial charge is 0.379 e. The molecule has 5 heteroatoms. The van der Waals surface area contributed by atoms with Gasteiger partial charge in [0.25, 0.3) is 0 Å². The molecule has 0 bridgehead atoms. The van der Waals surface area contributed by atoms with Crippen molar-refractivity contribution in [3.05, 3.63) is 0 Å². The highest BCUT2D eigenvalue weighted by Crippen LogP contribution is 2.28. The van der Waals surface area contributed by atoms with E-state index in [-0.39, 0.29) is 11.8 Å². The summed E-state index contributed by atoms with van der Waals surface area (Å²) in [6.45, 7) is 13.0. The van der Waals surface area contributed by atoms with Gasteiger partial charge in [0, 0.05) is 13.2 Å². The van der Waals surface area contributed by atoms with Gasteiger partial charge in [-0.2, -0.15) is 0 Å². The van der Waals surface area contributed by atoms with Crippen molar-refractivity contribution in [3.8, 4) is 0 Å². The van der Waals surface area contributed by atoms with Crippen LogP contribution in [0.2, 0.25) is 0 Å². The van der Waals surface area contributed by atoms with Crippen molar-refractivity contribution >= 4 is 11.8 Å². The second-order valence-corrected chi connectivity index (χ2v) is 6.63. The molecule has 1 N–H and O–H groups in total. The van der Waals surface area contributed by atoms with E-state index >= 15 is 0 Å². The first-order chi connectivity index (χ1) is 9.15. The van der Waals surface area contributed by atoms with Gasteiger partial charge in [0.2, 0.25) is 11.8 Å². The molecular weight excluding hydrogens is 256 g/mol. The number of piperazine rings is 1. The number of ether oxygens (including phenoxy) is 1. The van der Waals surface area contributed by atoms with Crippen molar-refractivity contribution in [1.29, 1.82) is 0 Å². The normalized spacial score (nSPS) is 26.1. The Balaban J connectivity index is 2.80. The first-order valence-electron chi connectivity index (χ1n) is 7.37. The zero-order chi connectivity index (χ0) is 15.6. The summed E-state index contributed by atoms with van der Waals surface area (Å²) < 4.78 is 5.56. The summed E-state index contributed by atoms with van der Waals surface area (Å²) in [7, 11) is 0. The van der Waals surface area contributed by atoms with Crippen LogP contribution in [0.5, 0.6) is 0 Å². The van der Waals surface area contributed by atoms with Crippen molar-refractivity contribution in [2.24, 2.45) is 5.92 Å². The number of carbonyl (C=O) groups is 2. The summed E-state index contributed by atoms with van der Waals surface area (Å²) in [5, 5.41) is 2.81. The van der Waals surface area contributed by atoms with Gasteiger partial charge >= 0.3 is 0 Å². The predicted octanol–water partition coefficient (Wildman–Crippen LogP) is 1.56. The number of rotatable bonds is 6. The van der Waals surface area contributed by atoms with Crippen molar-refractivity contribution in [2.45, 2.75) is 59.0 Å². The molecule has 1 atom stereocenters. The molecule has 20 heavy (non-hydrogen) atoms. The van der Waals surface area contributed by atoms with Crippen molar-refractivity contribution in [3.63, 3.8) is 0 Å². The molecule has 1 heterocycles. The highest BCUT2D eigenvalue weighted by molar-refractivity contribution is 6.01. The predicted molar refractivity (Wildman–Crippen MR) is 78.3 cm³/mol. The van der Waals surface area contributed by atoms with E-state index in [4.69, 9.17) is 4.74 Å². The van der Waals surface area contributed by atoms with Crippen LogP contribution in [0.1, 0.15) is 48.0 Å². The van der Waals surface area contributed by atoms with Crippen molar-refractivity contribution < 1.29 is 14.3 Å². The van der Waals surface area contributed by atoms with Gasteiger partial charge in [-0.1, -0.05) is 20.8 Å². The number of hydrogen-bond acceptors (Lipinski definition) is 3. The van der Waals surface area contributed by atoms with Crippen LogP contribution < -0.4 is 5.32 Å². The lowest BCUT2D eigenvalue weighted by atomic mass is 9.86.